The molecule has 5 heteroatoms. The molecule has 1 aromatic heterocycles. The summed E-state index contributed by atoms with van der Waals surface area (Å²) in [7, 11) is 1.72. The Morgan fingerprint density at radius 2 is 2.05 bits per heavy atom. The Balaban J connectivity index is 2.30. The van der Waals surface area contributed by atoms with E-state index in [4.69, 9.17) is 0 Å². The Labute approximate surface area is 110 Å². The zero-order chi connectivity index (χ0) is 13.6. The Bertz CT molecular complexity index is 754. The summed E-state index contributed by atoms with van der Waals surface area (Å²) in [6.45, 7) is 4.16. The molecular weight excluding hydrogens is 242 g/mol. The van der Waals surface area contributed by atoms with E-state index in [1.165, 1.54) is 4.57 Å². The number of nitrogens with one attached hydrogen (secondary N) is 1. The number of benzene rings is 1. The number of hydrogen-bond acceptors (Lipinski definition) is 3. The van der Waals surface area contributed by atoms with Crippen molar-refractivity contribution >= 4 is 10.9 Å². The smallest absolute Gasteiger partial charge is 0.316 e. The lowest BCUT2D eigenvalue weighted by Gasteiger charge is -2.27. The molecule has 3 rings (SSSR count). The molecule has 0 saturated carbocycles. The van der Waals surface area contributed by atoms with Crippen LogP contribution < -0.4 is 16.6 Å². The van der Waals surface area contributed by atoms with E-state index in [0.717, 1.165) is 18.7 Å². The molecule has 1 aliphatic rings. The van der Waals surface area contributed by atoms with E-state index in [1.807, 2.05) is 25.1 Å². The van der Waals surface area contributed by atoms with E-state index >= 15 is 0 Å². The van der Waals surface area contributed by atoms with Crippen molar-refractivity contribution in [2.45, 2.75) is 13.5 Å². The largest absolute Gasteiger partial charge is 0.331 e. The third-order valence-electron chi connectivity index (χ3n) is 3.90. The van der Waals surface area contributed by atoms with Gasteiger partial charge in [-0.15, -0.1) is 0 Å². The van der Waals surface area contributed by atoms with Crippen LogP contribution in [0.25, 0.3) is 10.9 Å². The van der Waals surface area contributed by atoms with Crippen LogP contribution >= 0.6 is 0 Å². The second-order valence-corrected chi connectivity index (χ2v) is 5.25. The topological polar surface area (TPSA) is 56.0 Å². The molecule has 1 aromatic carbocycles. The maximum absolute atomic E-state index is 12.5. The average Bonchev–Trinajstić information content (AvgIpc) is 2.33. The van der Waals surface area contributed by atoms with Crippen molar-refractivity contribution in [2.24, 2.45) is 13.0 Å². The first-order valence-corrected chi connectivity index (χ1v) is 6.49. The molecule has 0 radical (unpaired) electrons. The van der Waals surface area contributed by atoms with Gasteiger partial charge in [-0.3, -0.25) is 13.9 Å². The lowest BCUT2D eigenvalue weighted by atomic mass is 10.0. The van der Waals surface area contributed by atoms with Gasteiger partial charge in [0, 0.05) is 32.6 Å². The fourth-order valence-electron chi connectivity index (χ4n) is 2.61. The van der Waals surface area contributed by atoms with Gasteiger partial charge >= 0.3 is 5.69 Å². The Morgan fingerprint density at radius 3 is 2.68 bits per heavy atom. The van der Waals surface area contributed by atoms with Crippen molar-refractivity contribution in [1.29, 1.82) is 0 Å². The van der Waals surface area contributed by atoms with Gasteiger partial charge in [-0.25, -0.2) is 4.79 Å². The van der Waals surface area contributed by atoms with Gasteiger partial charge in [0.25, 0.3) is 5.56 Å². The molecule has 1 fully saturated rings. The molecule has 0 spiro atoms. The average molecular weight is 259 g/mol. The molecule has 0 amide bonds. The van der Waals surface area contributed by atoms with Crippen LogP contribution in [0.3, 0.4) is 0 Å². The molecule has 0 aliphatic carbocycles. The van der Waals surface area contributed by atoms with Crippen molar-refractivity contribution in [1.82, 2.24) is 14.5 Å². The summed E-state index contributed by atoms with van der Waals surface area (Å²) in [5.74, 6) is 0.381. The summed E-state index contributed by atoms with van der Waals surface area (Å²) < 4.78 is 2.94. The molecule has 0 bridgehead atoms. The normalized spacial score (nSPS) is 15.7. The van der Waals surface area contributed by atoms with Gasteiger partial charge in [0.2, 0.25) is 0 Å². The van der Waals surface area contributed by atoms with Crippen molar-refractivity contribution in [3.63, 3.8) is 0 Å². The van der Waals surface area contributed by atoms with Crippen LogP contribution in [0.5, 0.6) is 0 Å². The van der Waals surface area contributed by atoms with Crippen molar-refractivity contribution in [2.75, 3.05) is 13.1 Å². The first-order chi connectivity index (χ1) is 9.09. The van der Waals surface area contributed by atoms with E-state index in [-0.39, 0.29) is 11.2 Å². The van der Waals surface area contributed by atoms with Crippen LogP contribution in [0, 0.1) is 12.8 Å². The number of nitrogens with zero attached hydrogens (tertiary/aromatic N) is 2. The molecular formula is C14H17N3O2. The van der Waals surface area contributed by atoms with Gasteiger partial charge < -0.3 is 5.32 Å². The summed E-state index contributed by atoms with van der Waals surface area (Å²) in [6, 6.07) is 5.60. The van der Waals surface area contributed by atoms with E-state index in [9.17, 15) is 9.59 Å². The number of hydrogen-bond donors (Lipinski definition) is 1. The van der Waals surface area contributed by atoms with Gasteiger partial charge in [-0.2, -0.15) is 0 Å². The highest BCUT2D eigenvalue weighted by molar-refractivity contribution is 5.81. The predicted molar refractivity (Wildman–Crippen MR) is 74.5 cm³/mol. The minimum Gasteiger partial charge on any atom is -0.316 e. The van der Waals surface area contributed by atoms with Gasteiger partial charge in [-0.05, 0) is 18.6 Å². The Hall–Kier alpha value is -1.88. The SMILES string of the molecule is Cc1cccc2c1c(=O)n(CC1CNC1)c(=O)n2C. The minimum atomic E-state index is -0.227. The first-order valence-electron chi connectivity index (χ1n) is 6.49. The van der Waals surface area contributed by atoms with E-state index < -0.39 is 0 Å². The zero-order valence-corrected chi connectivity index (χ0v) is 11.1. The highest BCUT2D eigenvalue weighted by Crippen LogP contribution is 2.12. The molecule has 1 N–H and O–H groups in total. The van der Waals surface area contributed by atoms with Crippen LogP contribution in [0.2, 0.25) is 0 Å². The molecule has 1 saturated heterocycles. The summed E-state index contributed by atoms with van der Waals surface area (Å²) in [4.78, 5) is 24.8. The Kier molecular flexibility index (Phi) is 2.78. The van der Waals surface area contributed by atoms with E-state index in [1.54, 1.807) is 11.6 Å². The number of aryl methyl sites for hydroxylation is 2. The highest BCUT2D eigenvalue weighted by atomic mass is 16.2. The van der Waals surface area contributed by atoms with Crippen LogP contribution in [-0.2, 0) is 13.6 Å². The molecule has 1 aliphatic heterocycles. The Morgan fingerprint density at radius 1 is 1.32 bits per heavy atom. The quantitative estimate of drug-likeness (QED) is 0.840. The van der Waals surface area contributed by atoms with E-state index in [2.05, 4.69) is 5.32 Å². The van der Waals surface area contributed by atoms with Crippen molar-refractivity contribution in [3.05, 3.63) is 44.6 Å². The summed E-state index contributed by atoms with van der Waals surface area (Å²) in [5.41, 5.74) is 1.23. The summed E-state index contributed by atoms with van der Waals surface area (Å²) in [5, 5.41) is 3.81. The zero-order valence-electron chi connectivity index (χ0n) is 11.1. The number of aromatic nitrogens is 2. The summed E-state index contributed by atoms with van der Waals surface area (Å²) >= 11 is 0. The standard InChI is InChI=1S/C14H17N3O2/c1-9-4-3-5-11-12(9)13(18)17(14(19)16(11)2)8-10-6-15-7-10/h3-5,10,15H,6-8H2,1-2H3. The maximum atomic E-state index is 12.5. The fraction of sp³-hybridized carbons (Fsp3) is 0.429. The second-order valence-electron chi connectivity index (χ2n) is 5.25. The van der Waals surface area contributed by atoms with Crippen LogP contribution in [0.15, 0.2) is 27.8 Å². The highest BCUT2D eigenvalue weighted by Gasteiger charge is 2.20. The maximum Gasteiger partial charge on any atom is 0.331 e. The fourth-order valence-corrected chi connectivity index (χ4v) is 2.61. The third kappa shape index (κ3) is 1.81. The van der Waals surface area contributed by atoms with Gasteiger partial charge in [-0.1, -0.05) is 12.1 Å². The van der Waals surface area contributed by atoms with Gasteiger partial charge in [0.05, 0.1) is 10.9 Å². The van der Waals surface area contributed by atoms with E-state index in [0.29, 0.717) is 23.4 Å². The number of rotatable bonds is 2. The molecule has 100 valence electrons. The monoisotopic (exact) mass is 259 g/mol. The van der Waals surface area contributed by atoms with Gasteiger partial charge in [0.15, 0.2) is 0 Å². The molecule has 0 unspecified atom stereocenters. The second kappa shape index (κ2) is 4.35. The predicted octanol–water partition coefficient (Wildman–Crippen LogP) is 0.228. The minimum absolute atomic E-state index is 0.164. The lowest BCUT2D eigenvalue weighted by molar-refractivity contribution is 0.298. The van der Waals surface area contributed by atoms with Crippen LogP contribution in [-0.4, -0.2) is 22.2 Å². The molecule has 2 aromatic rings. The van der Waals surface area contributed by atoms with Crippen molar-refractivity contribution in [3.8, 4) is 0 Å². The van der Waals surface area contributed by atoms with Crippen LogP contribution in [0.1, 0.15) is 5.56 Å². The molecule has 2 heterocycles. The first kappa shape index (κ1) is 12.2. The molecule has 5 nitrogen and oxygen atoms in total. The molecule has 19 heavy (non-hydrogen) atoms. The van der Waals surface area contributed by atoms with Crippen molar-refractivity contribution < 1.29 is 0 Å². The van der Waals surface area contributed by atoms with Crippen LogP contribution in [0.4, 0.5) is 0 Å². The molecule has 0 atom stereocenters. The third-order valence-corrected chi connectivity index (χ3v) is 3.90. The lowest BCUT2D eigenvalue weighted by Crippen LogP contribution is -2.49. The van der Waals surface area contributed by atoms with Gasteiger partial charge in [0.1, 0.15) is 0 Å². The summed E-state index contributed by atoms with van der Waals surface area (Å²) in [6.07, 6.45) is 0. The number of fused-ring (bicyclic) bond motifs is 1.